The maximum Gasteiger partial charge on any atom is 0.260 e. The molecule has 2 heterocycles. The number of anilines is 1. The Morgan fingerprint density at radius 3 is 2.78 bits per heavy atom. The van der Waals surface area contributed by atoms with Crippen LogP contribution in [-0.4, -0.2) is 10.1 Å². The Kier molecular flexibility index (Phi) is 3.07. The molecule has 0 spiro atoms. The topological polar surface area (TPSA) is 64.9 Å². The van der Waals surface area contributed by atoms with Gasteiger partial charge in [0.1, 0.15) is 0 Å². The van der Waals surface area contributed by atoms with Crippen molar-refractivity contribution in [1.29, 1.82) is 0 Å². The number of aromatic nitrogens is 2. The van der Waals surface area contributed by atoms with Crippen LogP contribution in [0.2, 0.25) is 0 Å². The lowest BCUT2D eigenvalue weighted by Crippen LogP contribution is -2.11. The molecule has 0 unspecified atom stereocenters. The summed E-state index contributed by atoms with van der Waals surface area (Å²) in [5, 5.41) is 6.80. The summed E-state index contributed by atoms with van der Waals surface area (Å²) >= 11 is 1.49. The number of nitrogens with zero attached hydrogens (tertiary/aromatic N) is 2. The van der Waals surface area contributed by atoms with Crippen molar-refractivity contribution in [2.45, 2.75) is 38.5 Å². The normalized spacial score (nSPS) is 24.3. The van der Waals surface area contributed by atoms with Gasteiger partial charge in [0.15, 0.2) is 5.82 Å². The van der Waals surface area contributed by atoms with Crippen molar-refractivity contribution in [2.75, 3.05) is 5.73 Å². The molecule has 0 saturated heterocycles. The monoisotopic (exact) mass is 263 g/mol. The van der Waals surface area contributed by atoms with Crippen molar-refractivity contribution in [3.8, 4) is 11.5 Å². The summed E-state index contributed by atoms with van der Waals surface area (Å²) in [6.07, 6.45) is 4.85. The number of hydrogen-bond acceptors (Lipinski definition) is 5. The van der Waals surface area contributed by atoms with Gasteiger partial charge in [0.2, 0.25) is 0 Å². The predicted molar refractivity (Wildman–Crippen MR) is 72.4 cm³/mol. The van der Waals surface area contributed by atoms with E-state index in [4.69, 9.17) is 10.3 Å². The van der Waals surface area contributed by atoms with E-state index in [0.29, 0.717) is 11.8 Å². The van der Waals surface area contributed by atoms with Crippen LogP contribution in [-0.2, 0) is 0 Å². The van der Waals surface area contributed by atoms with Crippen LogP contribution in [0.1, 0.15) is 44.3 Å². The first-order chi connectivity index (χ1) is 8.74. The lowest BCUT2D eigenvalue weighted by molar-refractivity contribution is 0.329. The lowest BCUT2D eigenvalue weighted by Gasteiger charge is -2.23. The Balaban J connectivity index is 1.80. The summed E-state index contributed by atoms with van der Waals surface area (Å²) in [5.41, 5.74) is 6.73. The molecule has 2 aromatic heterocycles. The predicted octanol–water partition coefficient (Wildman–Crippen LogP) is 3.67. The van der Waals surface area contributed by atoms with Crippen molar-refractivity contribution >= 4 is 16.3 Å². The molecule has 1 aliphatic rings. The van der Waals surface area contributed by atoms with Gasteiger partial charge in [-0.15, -0.1) is 11.3 Å². The van der Waals surface area contributed by atoms with E-state index < -0.39 is 0 Å². The second kappa shape index (κ2) is 4.72. The van der Waals surface area contributed by atoms with Gasteiger partial charge in [-0.2, -0.15) is 4.98 Å². The zero-order valence-electron chi connectivity index (χ0n) is 10.4. The van der Waals surface area contributed by atoms with E-state index >= 15 is 0 Å². The highest BCUT2D eigenvalue weighted by Gasteiger charge is 2.24. The van der Waals surface area contributed by atoms with Gasteiger partial charge in [-0.3, -0.25) is 0 Å². The van der Waals surface area contributed by atoms with Gasteiger partial charge in [0.05, 0.1) is 10.6 Å². The fraction of sp³-hybridized carbons (Fsp3) is 0.538. The lowest BCUT2D eigenvalue weighted by atomic mass is 9.83. The van der Waals surface area contributed by atoms with Gasteiger partial charge in [-0.25, -0.2) is 0 Å². The number of rotatable bonds is 2. The van der Waals surface area contributed by atoms with Crippen molar-refractivity contribution in [3.63, 3.8) is 0 Å². The molecular formula is C13H17N3OS. The summed E-state index contributed by atoms with van der Waals surface area (Å²) < 4.78 is 5.34. The fourth-order valence-corrected chi connectivity index (χ4v) is 3.16. The average Bonchev–Trinajstić information content (AvgIpc) is 2.98. The van der Waals surface area contributed by atoms with Crippen LogP contribution >= 0.6 is 11.3 Å². The molecule has 0 radical (unpaired) electrons. The first-order valence-corrected chi connectivity index (χ1v) is 7.29. The molecule has 1 fully saturated rings. The Labute approximate surface area is 110 Å². The maximum absolute atomic E-state index is 5.87. The van der Waals surface area contributed by atoms with E-state index in [1.54, 1.807) is 0 Å². The van der Waals surface area contributed by atoms with Gasteiger partial charge in [0, 0.05) is 5.92 Å². The van der Waals surface area contributed by atoms with Crippen LogP contribution in [0.4, 0.5) is 5.00 Å². The molecule has 4 nitrogen and oxygen atoms in total. The third-order valence-corrected chi connectivity index (χ3v) is 4.49. The quantitative estimate of drug-likeness (QED) is 0.897. The average molecular weight is 263 g/mol. The van der Waals surface area contributed by atoms with Crippen molar-refractivity contribution in [1.82, 2.24) is 10.1 Å². The van der Waals surface area contributed by atoms with E-state index in [1.807, 2.05) is 11.4 Å². The largest absolute Gasteiger partial charge is 0.390 e. The van der Waals surface area contributed by atoms with E-state index in [1.165, 1.54) is 37.0 Å². The van der Waals surface area contributed by atoms with Crippen LogP contribution in [0.5, 0.6) is 0 Å². The van der Waals surface area contributed by atoms with Crippen LogP contribution < -0.4 is 5.73 Å². The Morgan fingerprint density at radius 1 is 1.33 bits per heavy atom. The number of nitrogen functional groups attached to an aromatic ring is 1. The fourth-order valence-electron chi connectivity index (χ4n) is 2.53. The smallest absolute Gasteiger partial charge is 0.260 e. The first-order valence-electron chi connectivity index (χ1n) is 6.41. The Morgan fingerprint density at radius 2 is 2.11 bits per heavy atom. The Bertz CT molecular complexity index is 526. The molecule has 5 heteroatoms. The maximum atomic E-state index is 5.87. The molecule has 0 aliphatic heterocycles. The number of nitrogens with two attached hydrogens (primary N) is 1. The highest BCUT2D eigenvalue weighted by molar-refractivity contribution is 7.14. The standard InChI is InChI=1S/C13H17N3OS/c1-8-2-4-9(5-3-8)12-15-13(17-16-12)10-6-7-18-11(10)14/h6-9H,2-5,14H2,1H3. The summed E-state index contributed by atoms with van der Waals surface area (Å²) in [6.45, 7) is 2.31. The minimum atomic E-state index is 0.457. The summed E-state index contributed by atoms with van der Waals surface area (Å²) in [6, 6.07) is 1.93. The van der Waals surface area contributed by atoms with Crippen LogP contribution in [0, 0.1) is 5.92 Å². The van der Waals surface area contributed by atoms with Crippen LogP contribution in [0.25, 0.3) is 11.5 Å². The third-order valence-electron chi connectivity index (χ3n) is 3.75. The zero-order valence-corrected chi connectivity index (χ0v) is 11.2. The number of thiophene rings is 1. The first kappa shape index (κ1) is 11.7. The molecule has 0 atom stereocenters. The van der Waals surface area contributed by atoms with Gasteiger partial charge in [0.25, 0.3) is 5.89 Å². The molecule has 18 heavy (non-hydrogen) atoms. The van der Waals surface area contributed by atoms with Crippen LogP contribution in [0.15, 0.2) is 16.0 Å². The molecule has 96 valence electrons. The summed E-state index contributed by atoms with van der Waals surface area (Å²) in [5.74, 6) is 2.70. The van der Waals surface area contributed by atoms with Gasteiger partial charge in [-0.05, 0) is 30.2 Å². The van der Waals surface area contributed by atoms with Gasteiger partial charge in [-0.1, -0.05) is 24.9 Å². The second-order valence-corrected chi connectivity index (χ2v) is 6.06. The van der Waals surface area contributed by atoms with E-state index in [9.17, 15) is 0 Å². The van der Waals surface area contributed by atoms with Crippen molar-refractivity contribution in [2.24, 2.45) is 5.92 Å². The highest BCUT2D eigenvalue weighted by atomic mass is 32.1. The van der Waals surface area contributed by atoms with E-state index in [-0.39, 0.29) is 0 Å². The van der Waals surface area contributed by atoms with E-state index in [0.717, 1.165) is 22.3 Å². The SMILES string of the molecule is CC1CCC(c2noc(-c3ccsc3N)n2)CC1. The van der Waals surface area contributed by atoms with Crippen molar-refractivity contribution in [3.05, 3.63) is 17.3 Å². The van der Waals surface area contributed by atoms with E-state index in [2.05, 4.69) is 17.1 Å². The highest BCUT2D eigenvalue weighted by Crippen LogP contribution is 2.36. The van der Waals surface area contributed by atoms with Crippen LogP contribution in [0.3, 0.4) is 0 Å². The Hall–Kier alpha value is -1.36. The molecule has 0 aromatic carbocycles. The minimum Gasteiger partial charge on any atom is -0.390 e. The van der Waals surface area contributed by atoms with Gasteiger partial charge >= 0.3 is 0 Å². The summed E-state index contributed by atoms with van der Waals surface area (Å²) in [7, 11) is 0. The third kappa shape index (κ3) is 2.14. The molecule has 3 rings (SSSR count). The zero-order chi connectivity index (χ0) is 12.5. The molecular weight excluding hydrogens is 246 g/mol. The van der Waals surface area contributed by atoms with Crippen molar-refractivity contribution < 1.29 is 4.52 Å². The molecule has 2 N–H and O–H groups in total. The molecule has 2 aromatic rings. The number of hydrogen-bond donors (Lipinski definition) is 1. The molecule has 0 bridgehead atoms. The second-order valence-electron chi connectivity index (χ2n) is 5.11. The summed E-state index contributed by atoms with van der Waals surface area (Å²) in [4.78, 5) is 4.51. The van der Waals surface area contributed by atoms with Gasteiger partial charge < -0.3 is 10.3 Å². The molecule has 1 saturated carbocycles. The molecule has 0 amide bonds. The molecule has 1 aliphatic carbocycles. The minimum absolute atomic E-state index is 0.457.